The van der Waals surface area contributed by atoms with Crippen LogP contribution in [0.1, 0.15) is 18.2 Å². The first-order valence-corrected chi connectivity index (χ1v) is 7.23. The number of hydrogen-bond acceptors (Lipinski definition) is 3. The minimum Gasteiger partial charge on any atom is -0.478 e. The molecule has 1 aromatic heterocycles. The van der Waals surface area contributed by atoms with Crippen LogP contribution in [0.4, 0.5) is 5.69 Å². The average Bonchev–Trinajstić information content (AvgIpc) is 2.84. The first-order chi connectivity index (χ1) is 10.7. The highest BCUT2D eigenvalue weighted by Crippen LogP contribution is 2.29. The van der Waals surface area contributed by atoms with Gasteiger partial charge in [-0.25, -0.2) is 0 Å². The van der Waals surface area contributed by atoms with Crippen LogP contribution >= 0.6 is 0 Å². The molecule has 0 bridgehead atoms. The van der Waals surface area contributed by atoms with Gasteiger partial charge in [0.1, 0.15) is 11.8 Å². The van der Waals surface area contributed by atoms with Gasteiger partial charge in [0, 0.05) is 6.07 Å². The maximum atomic E-state index is 9.33. The SMILES string of the molecule is CCOc1c(N)cc(C#N)n1Cc1cccc2ccccc12. The molecular weight excluding hydrogens is 274 g/mol. The molecule has 0 saturated carbocycles. The highest BCUT2D eigenvalue weighted by Gasteiger charge is 2.15. The molecule has 0 spiro atoms. The van der Waals surface area contributed by atoms with Crippen molar-refractivity contribution in [2.75, 3.05) is 12.3 Å². The van der Waals surface area contributed by atoms with Gasteiger partial charge in [-0.3, -0.25) is 4.57 Å². The van der Waals surface area contributed by atoms with Crippen LogP contribution in [-0.4, -0.2) is 11.2 Å². The number of nitrogens with zero attached hydrogens (tertiary/aromatic N) is 2. The largest absolute Gasteiger partial charge is 0.478 e. The van der Waals surface area contributed by atoms with Crippen molar-refractivity contribution in [3.8, 4) is 11.9 Å². The van der Waals surface area contributed by atoms with Gasteiger partial charge < -0.3 is 10.5 Å². The van der Waals surface area contributed by atoms with Crippen molar-refractivity contribution in [2.45, 2.75) is 13.5 Å². The number of anilines is 1. The Hall–Kier alpha value is -2.93. The second-order valence-electron chi connectivity index (χ2n) is 5.06. The zero-order valence-corrected chi connectivity index (χ0v) is 12.4. The summed E-state index contributed by atoms with van der Waals surface area (Å²) in [5, 5.41) is 11.7. The van der Waals surface area contributed by atoms with E-state index in [1.807, 2.05) is 29.7 Å². The first kappa shape index (κ1) is 14.0. The molecule has 0 aliphatic heterocycles. The molecule has 0 aliphatic rings. The quantitative estimate of drug-likeness (QED) is 0.799. The van der Waals surface area contributed by atoms with E-state index in [0.29, 0.717) is 30.4 Å². The molecule has 0 saturated heterocycles. The second kappa shape index (κ2) is 5.82. The van der Waals surface area contributed by atoms with E-state index in [-0.39, 0.29) is 0 Å². The molecule has 0 amide bonds. The summed E-state index contributed by atoms with van der Waals surface area (Å²) in [6.45, 7) is 2.96. The van der Waals surface area contributed by atoms with Crippen LogP contribution in [-0.2, 0) is 6.54 Å². The fourth-order valence-electron chi connectivity index (χ4n) is 2.70. The van der Waals surface area contributed by atoms with Gasteiger partial charge in [-0.05, 0) is 23.3 Å². The van der Waals surface area contributed by atoms with E-state index in [4.69, 9.17) is 10.5 Å². The van der Waals surface area contributed by atoms with E-state index in [9.17, 15) is 5.26 Å². The smallest absolute Gasteiger partial charge is 0.218 e. The van der Waals surface area contributed by atoms with Gasteiger partial charge >= 0.3 is 0 Å². The lowest BCUT2D eigenvalue weighted by Gasteiger charge is -2.13. The third-order valence-electron chi connectivity index (χ3n) is 3.68. The summed E-state index contributed by atoms with van der Waals surface area (Å²) in [6, 6.07) is 18.2. The third kappa shape index (κ3) is 2.38. The minimum absolute atomic E-state index is 0.499. The van der Waals surface area contributed by atoms with Crippen LogP contribution in [0, 0.1) is 11.3 Å². The summed E-state index contributed by atoms with van der Waals surface area (Å²) >= 11 is 0. The molecule has 0 atom stereocenters. The number of nitrogen functional groups attached to an aromatic ring is 1. The molecule has 0 unspecified atom stereocenters. The van der Waals surface area contributed by atoms with Gasteiger partial charge in [-0.15, -0.1) is 0 Å². The van der Waals surface area contributed by atoms with E-state index >= 15 is 0 Å². The van der Waals surface area contributed by atoms with Crippen molar-refractivity contribution in [2.24, 2.45) is 0 Å². The van der Waals surface area contributed by atoms with Crippen molar-refractivity contribution >= 4 is 16.5 Å². The molecular formula is C18H17N3O. The zero-order valence-electron chi connectivity index (χ0n) is 12.4. The molecule has 110 valence electrons. The topological polar surface area (TPSA) is 64.0 Å². The molecule has 4 nitrogen and oxygen atoms in total. The van der Waals surface area contributed by atoms with Gasteiger partial charge in [0.15, 0.2) is 0 Å². The zero-order chi connectivity index (χ0) is 15.5. The maximum Gasteiger partial charge on any atom is 0.218 e. The summed E-state index contributed by atoms with van der Waals surface area (Å²) in [5.74, 6) is 0.562. The van der Waals surface area contributed by atoms with Crippen LogP contribution in [0.15, 0.2) is 48.5 Å². The number of nitriles is 1. The summed E-state index contributed by atoms with van der Waals surface area (Å²) in [4.78, 5) is 0. The summed E-state index contributed by atoms with van der Waals surface area (Å²) in [7, 11) is 0. The predicted octanol–water partition coefficient (Wildman–Crippen LogP) is 3.54. The lowest BCUT2D eigenvalue weighted by molar-refractivity contribution is 0.314. The lowest BCUT2D eigenvalue weighted by atomic mass is 10.0. The molecule has 22 heavy (non-hydrogen) atoms. The van der Waals surface area contributed by atoms with Crippen molar-refractivity contribution in [1.29, 1.82) is 5.26 Å². The highest BCUT2D eigenvalue weighted by atomic mass is 16.5. The standard InChI is InChI=1S/C18H17N3O/c1-2-22-18-17(20)10-15(11-19)21(18)12-14-8-5-7-13-6-3-4-9-16(13)14/h3-10H,2,12,20H2,1H3. The fourth-order valence-corrected chi connectivity index (χ4v) is 2.70. The van der Waals surface area contributed by atoms with E-state index < -0.39 is 0 Å². The monoisotopic (exact) mass is 291 g/mol. The molecule has 3 rings (SSSR count). The number of benzene rings is 2. The Balaban J connectivity index is 2.11. The molecule has 2 N–H and O–H groups in total. The van der Waals surface area contributed by atoms with Gasteiger partial charge in [0.25, 0.3) is 0 Å². The van der Waals surface area contributed by atoms with Gasteiger partial charge in [0.2, 0.25) is 5.88 Å². The Morgan fingerprint density at radius 3 is 2.73 bits per heavy atom. The van der Waals surface area contributed by atoms with Crippen LogP contribution in [0.2, 0.25) is 0 Å². The summed E-state index contributed by atoms with van der Waals surface area (Å²) in [6.07, 6.45) is 0. The van der Waals surface area contributed by atoms with Crippen LogP contribution in [0.3, 0.4) is 0 Å². The number of fused-ring (bicyclic) bond motifs is 1. The number of ether oxygens (including phenoxy) is 1. The Morgan fingerprint density at radius 1 is 1.18 bits per heavy atom. The maximum absolute atomic E-state index is 9.33. The van der Waals surface area contributed by atoms with Crippen LogP contribution < -0.4 is 10.5 Å². The van der Waals surface area contributed by atoms with Crippen LogP contribution in [0.5, 0.6) is 5.88 Å². The molecule has 2 aromatic carbocycles. The number of aromatic nitrogens is 1. The Morgan fingerprint density at radius 2 is 1.95 bits per heavy atom. The van der Waals surface area contributed by atoms with Crippen molar-refractivity contribution in [3.05, 3.63) is 59.8 Å². The van der Waals surface area contributed by atoms with Crippen molar-refractivity contribution in [1.82, 2.24) is 4.57 Å². The molecule has 0 fully saturated rings. The van der Waals surface area contributed by atoms with E-state index in [1.54, 1.807) is 6.07 Å². The van der Waals surface area contributed by atoms with Crippen molar-refractivity contribution < 1.29 is 4.74 Å². The Labute approximate surface area is 129 Å². The normalized spacial score (nSPS) is 10.5. The van der Waals surface area contributed by atoms with Gasteiger partial charge in [0.05, 0.1) is 18.8 Å². The Bertz CT molecular complexity index is 853. The third-order valence-corrected chi connectivity index (χ3v) is 3.68. The molecule has 4 heteroatoms. The molecule has 0 aliphatic carbocycles. The number of rotatable bonds is 4. The first-order valence-electron chi connectivity index (χ1n) is 7.23. The molecule has 0 radical (unpaired) electrons. The van der Waals surface area contributed by atoms with Gasteiger partial charge in [-0.2, -0.15) is 5.26 Å². The summed E-state index contributed by atoms with van der Waals surface area (Å²) < 4.78 is 7.46. The minimum atomic E-state index is 0.499. The second-order valence-corrected chi connectivity index (χ2v) is 5.06. The predicted molar refractivity (Wildman–Crippen MR) is 87.8 cm³/mol. The number of hydrogen-bond donors (Lipinski definition) is 1. The average molecular weight is 291 g/mol. The number of nitrogens with two attached hydrogens (primary N) is 1. The molecule has 3 aromatic rings. The van der Waals surface area contributed by atoms with E-state index in [0.717, 1.165) is 5.56 Å². The molecule has 1 heterocycles. The lowest BCUT2D eigenvalue weighted by Crippen LogP contribution is -2.07. The fraction of sp³-hybridized carbons (Fsp3) is 0.167. The van der Waals surface area contributed by atoms with Crippen molar-refractivity contribution in [3.63, 3.8) is 0 Å². The Kier molecular flexibility index (Phi) is 3.71. The van der Waals surface area contributed by atoms with Crippen LogP contribution in [0.25, 0.3) is 10.8 Å². The van der Waals surface area contributed by atoms with E-state index in [2.05, 4.69) is 30.3 Å². The van der Waals surface area contributed by atoms with E-state index in [1.165, 1.54) is 10.8 Å². The summed E-state index contributed by atoms with van der Waals surface area (Å²) in [5.41, 5.74) is 8.11. The van der Waals surface area contributed by atoms with Gasteiger partial charge in [-0.1, -0.05) is 42.5 Å². The highest BCUT2D eigenvalue weighted by molar-refractivity contribution is 5.85.